The van der Waals surface area contributed by atoms with Gasteiger partial charge < -0.3 is 4.74 Å². The highest BCUT2D eigenvalue weighted by molar-refractivity contribution is 6.00. The number of fused-ring (bicyclic) bond motifs is 1. The van der Waals surface area contributed by atoms with Crippen molar-refractivity contribution in [3.05, 3.63) is 35.9 Å². The third kappa shape index (κ3) is 2.61. The maximum Gasteiger partial charge on any atom is 0.309 e. The first-order valence-electron chi connectivity index (χ1n) is 7.98. The second-order valence-corrected chi connectivity index (χ2v) is 6.21. The molecule has 21 heavy (non-hydrogen) atoms. The van der Waals surface area contributed by atoms with Gasteiger partial charge in [-0.3, -0.25) is 9.59 Å². The molecule has 0 aromatic heterocycles. The fourth-order valence-electron chi connectivity index (χ4n) is 4.27. The topological polar surface area (TPSA) is 43.4 Å². The van der Waals surface area contributed by atoms with Crippen molar-refractivity contribution in [2.45, 2.75) is 32.6 Å². The van der Waals surface area contributed by atoms with E-state index in [1.54, 1.807) is 0 Å². The van der Waals surface area contributed by atoms with Crippen molar-refractivity contribution in [1.82, 2.24) is 0 Å². The fraction of sp³-hybridized carbons (Fsp3) is 0.556. The summed E-state index contributed by atoms with van der Waals surface area (Å²) in [5.74, 6) is 0.398. The Kier molecular flexibility index (Phi) is 4.09. The fourth-order valence-corrected chi connectivity index (χ4v) is 4.27. The van der Waals surface area contributed by atoms with Crippen LogP contribution < -0.4 is 0 Å². The lowest BCUT2D eigenvalue weighted by Crippen LogP contribution is -2.31. The minimum atomic E-state index is -0.231. The highest BCUT2D eigenvalue weighted by atomic mass is 16.5. The lowest BCUT2D eigenvalue weighted by atomic mass is 9.83. The highest BCUT2D eigenvalue weighted by Crippen LogP contribution is 2.51. The van der Waals surface area contributed by atoms with Crippen LogP contribution in [0.4, 0.5) is 0 Å². The highest BCUT2D eigenvalue weighted by Gasteiger charge is 2.51. The van der Waals surface area contributed by atoms with Crippen LogP contribution in [0.25, 0.3) is 0 Å². The van der Waals surface area contributed by atoms with Crippen molar-refractivity contribution < 1.29 is 14.3 Å². The Bertz CT molecular complexity index is 523. The maximum absolute atomic E-state index is 12.8. The summed E-state index contributed by atoms with van der Waals surface area (Å²) in [6.07, 6.45) is 4.24. The van der Waals surface area contributed by atoms with E-state index in [2.05, 4.69) is 0 Å². The molecule has 2 saturated carbocycles. The van der Waals surface area contributed by atoms with E-state index in [-0.39, 0.29) is 23.6 Å². The first-order chi connectivity index (χ1) is 10.2. The van der Waals surface area contributed by atoms with Gasteiger partial charge in [-0.2, -0.15) is 0 Å². The number of rotatable bonds is 4. The van der Waals surface area contributed by atoms with Crippen LogP contribution >= 0.6 is 0 Å². The average molecular weight is 286 g/mol. The molecule has 4 atom stereocenters. The van der Waals surface area contributed by atoms with Crippen LogP contribution in [0.5, 0.6) is 0 Å². The molecule has 0 bridgehead atoms. The molecule has 0 unspecified atom stereocenters. The summed E-state index contributed by atoms with van der Waals surface area (Å²) >= 11 is 0. The quantitative estimate of drug-likeness (QED) is 0.628. The molecule has 0 amide bonds. The molecule has 2 aliphatic rings. The third-order valence-corrected chi connectivity index (χ3v) is 5.12. The lowest BCUT2D eigenvalue weighted by Gasteiger charge is -2.21. The molecule has 0 saturated heterocycles. The number of ketones is 1. The normalized spacial score (nSPS) is 30.9. The predicted octanol–water partition coefficient (Wildman–Crippen LogP) is 3.48. The average Bonchev–Trinajstić information content (AvgIpc) is 3.07. The van der Waals surface area contributed by atoms with Gasteiger partial charge in [0.15, 0.2) is 5.78 Å². The Morgan fingerprint density at radius 2 is 1.95 bits per heavy atom. The molecule has 3 rings (SSSR count). The van der Waals surface area contributed by atoms with E-state index in [0.29, 0.717) is 18.4 Å². The van der Waals surface area contributed by atoms with Crippen LogP contribution in [0.3, 0.4) is 0 Å². The molecule has 3 heteroatoms. The molecule has 2 fully saturated rings. The first kappa shape index (κ1) is 14.3. The number of hydrogen-bond donors (Lipinski definition) is 0. The Labute approximate surface area is 125 Å². The van der Waals surface area contributed by atoms with E-state index in [1.807, 2.05) is 37.3 Å². The van der Waals surface area contributed by atoms with Crippen LogP contribution in [0.15, 0.2) is 30.3 Å². The summed E-state index contributed by atoms with van der Waals surface area (Å²) in [6, 6.07) is 9.35. The van der Waals surface area contributed by atoms with E-state index in [9.17, 15) is 9.59 Å². The van der Waals surface area contributed by atoms with Crippen molar-refractivity contribution in [2.75, 3.05) is 6.61 Å². The SMILES string of the molecule is CCOC(=O)[C@H]1[C@@H]2CCC[C@@H]2C[C@@H]1C(=O)c1ccccc1. The number of ether oxygens (including phenoxy) is 1. The molecule has 0 heterocycles. The molecule has 0 aliphatic heterocycles. The van der Waals surface area contributed by atoms with Gasteiger partial charge >= 0.3 is 5.97 Å². The minimum absolute atomic E-state index is 0.114. The summed E-state index contributed by atoms with van der Waals surface area (Å²) < 4.78 is 5.26. The lowest BCUT2D eigenvalue weighted by molar-refractivity contribution is -0.150. The van der Waals surface area contributed by atoms with E-state index < -0.39 is 0 Å². The van der Waals surface area contributed by atoms with Gasteiger partial charge in [-0.05, 0) is 31.6 Å². The van der Waals surface area contributed by atoms with Crippen LogP contribution in [-0.4, -0.2) is 18.4 Å². The minimum Gasteiger partial charge on any atom is -0.466 e. The van der Waals surface area contributed by atoms with E-state index in [1.165, 1.54) is 6.42 Å². The van der Waals surface area contributed by atoms with Gasteiger partial charge in [0.05, 0.1) is 12.5 Å². The van der Waals surface area contributed by atoms with Gasteiger partial charge in [0.1, 0.15) is 0 Å². The van der Waals surface area contributed by atoms with Crippen molar-refractivity contribution in [1.29, 1.82) is 0 Å². The zero-order valence-electron chi connectivity index (χ0n) is 12.5. The molecule has 112 valence electrons. The standard InChI is InChI=1S/C18H22O3/c1-2-21-18(20)16-14-10-6-9-13(14)11-15(16)17(19)12-7-4-3-5-8-12/h3-5,7-8,13-16H,2,6,9-11H2,1H3/t13-,14-,15+,16+/m1/s1. The third-order valence-electron chi connectivity index (χ3n) is 5.12. The first-order valence-corrected chi connectivity index (χ1v) is 7.98. The van der Waals surface area contributed by atoms with E-state index in [0.717, 1.165) is 24.8 Å². The zero-order chi connectivity index (χ0) is 14.8. The summed E-state index contributed by atoms with van der Waals surface area (Å²) in [5.41, 5.74) is 0.719. The van der Waals surface area contributed by atoms with Gasteiger partial charge in [-0.15, -0.1) is 0 Å². The number of benzene rings is 1. The Balaban J connectivity index is 1.86. The molecule has 1 aromatic carbocycles. The van der Waals surface area contributed by atoms with Crippen molar-refractivity contribution >= 4 is 11.8 Å². The van der Waals surface area contributed by atoms with Gasteiger partial charge in [0.2, 0.25) is 0 Å². The van der Waals surface area contributed by atoms with Crippen molar-refractivity contribution in [3.8, 4) is 0 Å². The number of carbonyl (C=O) groups excluding carboxylic acids is 2. The largest absolute Gasteiger partial charge is 0.466 e. The van der Waals surface area contributed by atoms with E-state index in [4.69, 9.17) is 4.74 Å². The second kappa shape index (κ2) is 6.00. The number of esters is 1. The second-order valence-electron chi connectivity index (χ2n) is 6.21. The maximum atomic E-state index is 12.8. The Hall–Kier alpha value is -1.64. The summed E-state index contributed by atoms with van der Waals surface area (Å²) in [7, 11) is 0. The number of Topliss-reactive ketones (excluding diaryl/α,β-unsaturated/α-hetero) is 1. The Morgan fingerprint density at radius 1 is 1.19 bits per heavy atom. The molecule has 1 aromatic rings. The molecule has 2 aliphatic carbocycles. The van der Waals surface area contributed by atoms with Gasteiger partial charge in [0.25, 0.3) is 0 Å². The monoisotopic (exact) mass is 286 g/mol. The van der Waals surface area contributed by atoms with Crippen molar-refractivity contribution in [3.63, 3.8) is 0 Å². The predicted molar refractivity (Wildman–Crippen MR) is 79.8 cm³/mol. The summed E-state index contributed by atoms with van der Waals surface area (Å²) in [4.78, 5) is 25.1. The van der Waals surface area contributed by atoms with Crippen LogP contribution in [0.1, 0.15) is 43.0 Å². The molecule has 3 nitrogen and oxygen atoms in total. The molecule has 0 N–H and O–H groups in total. The van der Waals surface area contributed by atoms with Gasteiger partial charge in [0, 0.05) is 11.5 Å². The molecular formula is C18H22O3. The summed E-state index contributed by atoms with van der Waals surface area (Å²) in [6.45, 7) is 2.21. The van der Waals surface area contributed by atoms with Gasteiger partial charge in [-0.1, -0.05) is 43.2 Å². The molecule has 0 spiro atoms. The number of hydrogen-bond acceptors (Lipinski definition) is 3. The van der Waals surface area contributed by atoms with Crippen molar-refractivity contribution in [2.24, 2.45) is 23.7 Å². The molecule has 0 radical (unpaired) electrons. The Morgan fingerprint density at radius 3 is 2.67 bits per heavy atom. The summed E-state index contributed by atoms with van der Waals surface area (Å²) in [5, 5.41) is 0. The smallest absolute Gasteiger partial charge is 0.309 e. The van der Waals surface area contributed by atoms with Crippen LogP contribution in [0, 0.1) is 23.7 Å². The van der Waals surface area contributed by atoms with E-state index >= 15 is 0 Å². The van der Waals surface area contributed by atoms with Gasteiger partial charge in [-0.25, -0.2) is 0 Å². The zero-order valence-corrected chi connectivity index (χ0v) is 12.5. The molecular weight excluding hydrogens is 264 g/mol. The van der Waals surface area contributed by atoms with Crippen LogP contribution in [0.2, 0.25) is 0 Å². The number of carbonyl (C=O) groups is 2. The van der Waals surface area contributed by atoms with Crippen LogP contribution in [-0.2, 0) is 9.53 Å².